The third kappa shape index (κ3) is 3.46. The highest BCUT2D eigenvalue weighted by Crippen LogP contribution is 2.35. The highest BCUT2D eigenvalue weighted by molar-refractivity contribution is 4.84. The van der Waals surface area contributed by atoms with Gasteiger partial charge in [-0.05, 0) is 51.2 Å². The van der Waals surface area contributed by atoms with Crippen LogP contribution >= 0.6 is 0 Å². The molecule has 0 radical (unpaired) electrons. The van der Waals surface area contributed by atoms with Gasteiger partial charge in [0.15, 0.2) is 0 Å². The standard InChI is InChI=1S/C14H28N2/c1-14(8-4-3-5-9-14)12-15-13-6-10-16(2)11-7-13/h13,15H,3-12H2,1-2H3. The number of nitrogens with one attached hydrogen (secondary N) is 1. The van der Waals surface area contributed by atoms with Gasteiger partial charge in [0.1, 0.15) is 0 Å². The Morgan fingerprint density at radius 2 is 1.75 bits per heavy atom. The molecule has 2 heteroatoms. The van der Waals surface area contributed by atoms with Crippen LogP contribution < -0.4 is 5.32 Å². The minimum Gasteiger partial charge on any atom is -0.313 e. The highest BCUT2D eigenvalue weighted by atomic mass is 15.1. The maximum atomic E-state index is 3.83. The molecule has 2 aliphatic rings. The fourth-order valence-electron chi connectivity index (χ4n) is 3.19. The van der Waals surface area contributed by atoms with E-state index in [0.29, 0.717) is 5.41 Å². The molecule has 1 saturated heterocycles. The Hall–Kier alpha value is -0.0800. The first-order chi connectivity index (χ1) is 7.68. The Balaban J connectivity index is 1.70. The third-order valence-corrected chi connectivity index (χ3v) is 4.60. The van der Waals surface area contributed by atoms with E-state index in [2.05, 4.69) is 24.2 Å². The van der Waals surface area contributed by atoms with Crippen molar-refractivity contribution in [3.63, 3.8) is 0 Å². The normalized spacial score (nSPS) is 28.1. The molecule has 1 aliphatic carbocycles. The monoisotopic (exact) mass is 224 g/mol. The Bertz CT molecular complexity index is 201. The molecule has 94 valence electrons. The van der Waals surface area contributed by atoms with E-state index in [1.165, 1.54) is 64.6 Å². The van der Waals surface area contributed by atoms with E-state index in [-0.39, 0.29) is 0 Å². The summed E-state index contributed by atoms with van der Waals surface area (Å²) in [7, 11) is 2.23. The fraction of sp³-hybridized carbons (Fsp3) is 1.00. The van der Waals surface area contributed by atoms with E-state index >= 15 is 0 Å². The third-order valence-electron chi connectivity index (χ3n) is 4.60. The number of nitrogens with zero attached hydrogens (tertiary/aromatic N) is 1. The molecule has 1 N–H and O–H groups in total. The van der Waals surface area contributed by atoms with Crippen LogP contribution in [0.15, 0.2) is 0 Å². The zero-order chi connectivity index (χ0) is 11.4. The van der Waals surface area contributed by atoms with Gasteiger partial charge in [0.2, 0.25) is 0 Å². The summed E-state index contributed by atoms with van der Waals surface area (Å²) in [6.45, 7) is 6.28. The van der Waals surface area contributed by atoms with Crippen LogP contribution in [0.3, 0.4) is 0 Å². The van der Waals surface area contributed by atoms with Crippen molar-refractivity contribution in [2.75, 3.05) is 26.7 Å². The second-order valence-corrected chi connectivity index (χ2v) is 6.33. The molecule has 0 unspecified atom stereocenters. The summed E-state index contributed by atoms with van der Waals surface area (Å²) >= 11 is 0. The van der Waals surface area contributed by atoms with E-state index in [1.807, 2.05) is 0 Å². The van der Waals surface area contributed by atoms with E-state index in [0.717, 1.165) is 6.04 Å². The summed E-state index contributed by atoms with van der Waals surface area (Å²) in [6, 6.07) is 0.787. The molecule has 0 aromatic heterocycles. The van der Waals surface area contributed by atoms with Crippen molar-refractivity contribution in [2.24, 2.45) is 5.41 Å². The quantitative estimate of drug-likeness (QED) is 0.793. The van der Waals surface area contributed by atoms with Crippen LogP contribution in [0, 0.1) is 5.41 Å². The molecule has 0 spiro atoms. The number of piperidine rings is 1. The molecule has 16 heavy (non-hydrogen) atoms. The summed E-state index contributed by atoms with van der Waals surface area (Å²) in [5.74, 6) is 0. The van der Waals surface area contributed by atoms with Gasteiger partial charge >= 0.3 is 0 Å². The molecule has 0 aromatic carbocycles. The first kappa shape index (κ1) is 12.4. The van der Waals surface area contributed by atoms with Crippen molar-refractivity contribution in [2.45, 2.75) is 57.9 Å². The predicted octanol–water partition coefficient (Wildman–Crippen LogP) is 2.64. The average Bonchev–Trinajstić information content (AvgIpc) is 2.29. The lowest BCUT2D eigenvalue weighted by Crippen LogP contribution is -2.45. The average molecular weight is 224 g/mol. The largest absolute Gasteiger partial charge is 0.313 e. The molecule has 1 heterocycles. The highest BCUT2D eigenvalue weighted by Gasteiger charge is 2.27. The number of hydrogen-bond donors (Lipinski definition) is 1. The van der Waals surface area contributed by atoms with Crippen LogP contribution in [-0.4, -0.2) is 37.6 Å². The summed E-state index contributed by atoms with van der Waals surface area (Å²) in [4.78, 5) is 2.44. The van der Waals surface area contributed by atoms with E-state index in [1.54, 1.807) is 0 Å². The molecule has 0 bridgehead atoms. The van der Waals surface area contributed by atoms with Crippen molar-refractivity contribution in [3.05, 3.63) is 0 Å². The maximum Gasteiger partial charge on any atom is 0.00916 e. The van der Waals surface area contributed by atoms with Gasteiger partial charge in [-0.2, -0.15) is 0 Å². The molecule has 2 rings (SSSR count). The summed E-state index contributed by atoms with van der Waals surface area (Å²) in [5.41, 5.74) is 0.599. The van der Waals surface area contributed by atoms with Crippen LogP contribution in [0.5, 0.6) is 0 Å². The lowest BCUT2D eigenvalue weighted by atomic mass is 9.75. The lowest BCUT2D eigenvalue weighted by molar-refractivity contribution is 0.177. The fourth-order valence-corrected chi connectivity index (χ4v) is 3.19. The smallest absolute Gasteiger partial charge is 0.00916 e. The van der Waals surface area contributed by atoms with Gasteiger partial charge in [-0.25, -0.2) is 0 Å². The van der Waals surface area contributed by atoms with Crippen molar-refractivity contribution in [3.8, 4) is 0 Å². The molecule has 0 amide bonds. The van der Waals surface area contributed by atoms with Gasteiger partial charge in [-0.15, -0.1) is 0 Å². The Morgan fingerprint density at radius 3 is 2.38 bits per heavy atom. The van der Waals surface area contributed by atoms with Gasteiger partial charge in [0.25, 0.3) is 0 Å². The van der Waals surface area contributed by atoms with Crippen molar-refractivity contribution < 1.29 is 0 Å². The number of likely N-dealkylation sites (tertiary alicyclic amines) is 1. The van der Waals surface area contributed by atoms with Crippen LogP contribution in [-0.2, 0) is 0 Å². The van der Waals surface area contributed by atoms with E-state index in [4.69, 9.17) is 0 Å². The topological polar surface area (TPSA) is 15.3 Å². The van der Waals surface area contributed by atoms with Crippen LogP contribution in [0.25, 0.3) is 0 Å². The molecule has 0 atom stereocenters. The Kier molecular flexibility index (Phi) is 4.26. The lowest BCUT2D eigenvalue weighted by Gasteiger charge is -2.37. The minimum absolute atomic E-state index is 0.599. The molecular formula is C14H28N2. The number of hydrogen-bond acceptors (Lipinski definition) is 2. The molecule has 1 aliphatic heterocycles. The summed E-state index contributed by atoms with van der Waals surface area (Å²) in [5, 5.41) is 3.83. The van der Waals surface area contributed by atoms with Crippen LogP contribution in [0.1, 0.15) is 51.9 Å². The number of rotatable bonds is 3. The molecule has 2 fully saturated rings. The van der Waals surface area contributed by atoms with Gasteiger partial charge in [0, 0.05) is 12.6 Å². The summed E-state index contributed by atoms with van der Waals surface area (Å²) in [6.07, 6.45) is 9.92. The molecular weight excluding hydrogens is 196 g/mol. The molecule has 1 saturated carbocycles. The van der Waals surface area contributed by atoms with Crippen molar-refractivity contribution >= 4 is 0 Å². The predicted molar refractivity (Wildman–Crippen MR) is 69.7 cm³/mol. The van der Waals surface area contributed by atoms with Crippen molar-refractivity contribution in [1.82, 2.24) is 10.2 Å². The second-order valence-electron chi connectivity index (χ2n) is 6.33. The molecule has 0 aromatic rings. The van der Waals surface area contributed by atoms with E-state index < -0.39 is 0 Å². The minimum atomic E-state index is 0.599. The second kappa shape index (κ2) is 5.50. The summed E-state index contributed by atoms with van der Waals surface area (Å²) < 4.78 is 0. The van der Waals surface area contributed by atoms with Crippen LogP contribution in [0.2, 0.25) is 0 Å². The van der Waals surface area contributed by atoms with Crippen molar-refractivity contribution in [1.29, 1.82) is 0 Å². The Labute approximate surface area is 101 Å². The maximum absolute atomic E-state index is 3.83. The SMILES string of the molecule is CN1CCC(NCC2(C)CCCCC2)CC1. The first-order valence-electron chi connectivity index (χ1n) is 7.10. The first-order valence-corrected chi connectivity index (χ1v) is 7.10. The Morgan fingerprint density at radius 1 is 1.12 bits per heavy atom. The van der Waals surface area contributed by atoms with Gasteiger partial charge in [-0.3, -0.25) is 0 Å². The molecule has 2 nitrogen and oxygen atoms in total. The van der Waals surface area contributed by atoms with Gasteiger partial charge in [0.05, 0.1) is 0 Å². The zero-order valence-electron chi connectivity index (χ0n) is 11.1. The van der Waals surface area contributed by atoms with Gasteiger partial charge in [-0.1, -0.05) is 26.2 Å². The van der Waals surface area contributed by atoms with Crippen LogP contribution in [0.4, 0.5) is 0 Å². The van der Waals surface area contributed by atoms with E-state index in [9.17, 15) is 0 Å². The van der Waals surface area contributed by atoms with Gasteiger partial charge < -0.3 is 10.2 Å². The zero-order valence-corrected chi connectivity index (χ0v) is 11.1.